The number of fused-ring (bicyclic) bond motifs is 2. The fourth-order valence-electron chi connectivity index (χ4n) is 4.92. The van der Waals surface area contributed by atoms with Crippen molar-refractivity contribution in [2.24, 2.45) is 17.8 Å². The van der Waals surface area contributed by atoms with Crippen LogP contribution < -0.4 is 0 Å². The Morgan fingerprint density at radius 1 is 1.21 bits per heavy atom. The SMILES string of the molecule is O=CN(C=O)Cc1nccc(C2CC2)c1C(O)C1CC2CCC1C2. The van der Waals surface area contributed by atoms with Gasteiger partial charge in [0.25, 0.3) is 0 Å². The first kappa shape index (κ1) is 15.8. The third kappa shape index (κ3) is 2.75. The number of amides is 2. The van der Waals surface area contributed by atoms with Crippen molar-refractivity contribution >= 4 is 12.8 Å². The van der Waals surface area contributed by atoms with Crippen LogP contribution in [0.3, 0.4) is 0 Å². The molecule has 2 amide bonds. The van der Waals surface area contributed by atoms with Crippen molar-refractivity contribution in [3.8, 4) is 0 Å². The fraction of sp³-hybridized carbons (Fsp3) is 0.632. The largest absolute Gasteiger partial charge is 0.388 e. The van der Waals surface area contributed by atoms with Crippen LogP contribution in [0.1, 0.15) is 67.4 Å². The second-order valence-corrected chi connectivity index (χ2v) is 7.70. The molecule has 3 saturated carbocycles. The summed E-state index contributed by atoms with van der Waals surface area (Å²) in [5.74, 6) is 2.17. The highest BCUT2D eigenvalue weighted by Gasteiger charge is 2.44. The van der Waals surface area contributed by atoms with E-state index in [9.17, 15) is 14.7 Å². The van der Waals surface area contributed by atoms with Crippen molar-refractivity contribution in [1.82, 2.24) is 9.88 Å². The van der Waals surface area contributed by atoms with Gasteiger partial charge in [0, 0.05) is 11.8 Å². The van der Waals surface area contributed by atoms with Gasteiger partial charge < -0.3 is 5.11 Å². The van der Waals surface area contributed by atoms with Gasteiger partial charge in [-0.2, -0.15) is 0 Å². The van der Waals surface area contributed by atoms with Gasteiger partial charge in [-0.15, -0.1) is 0 Å². The van der Waals surface area contributed by atoms with Crippen LogP contribution in [0.5, 0.6) is 0 Å². The zero-order valence-electron chi connectivity index (χ0n) is 13.8. The monoisotopic (exact) mass is 328 g/mol. The average molecular weight is 328 g/mol. The Morgan fingerprint density at radius 2 is 2.00 bits per heavy atom. The minimum Gasteiger partial charge on any atom is -0.388 e. The van der Waals surface area contributed by atoms with Gasteiger partial charge in [-0.1, -0.05) is 6.42 Å². The van der Waals surface area contributed by atoms with Crippen molar-refractivity contribution < 1.29 is 14.7 Å². The van der Waals surface area contributed by atoms with Crippen LogP contribution in [-0.2, 0) is 16.1 Å². The molecular weight excluding hydrogens is 304 g/mol. The van der Waals surface area contributed by atoms with Crippen molar-refractivity contribution in [3.05, 3.63) is 29.1 Å². The third-order valence-electron chi connectivity index (χ3n) is 6.22. The molecule has 0 aliphatic heterocycles. The first-order valence-corrected chi connectivity index (χ1v) is 9.03. The first-order valence-electron chi connectivity index (χ1n) is 9.03. The number of aliphatic hydroxyl groups is 1. The third-order valence-corrected chi connectivity index (χ3v) is 6.22. The van der Waals surface area contributed by atoms with E-state index in [0.29, 0.717) is 36.3 Å². The maximum atomic E-state index is 11.2. The zero-order chi connectivity index (χ0) is 16.7. The van der Waals surface area contributed by atoms with Crippen LogP contribution in [0.25, 0.3) is 0 Å². The van der Waals surface area contributed by atoms with Gasteiger partial charge in [-0.25, -0.2) is 0 Å². The maximum absolute atomic E-state index is 11.2. The number of carbonyl (C=O) groups is 2. The highest BCUT2D eigenvalue weighted by molar-refractivity contribution is 5.68. The highest BCUT2D eigenvalue weighted by atomic mass is 16.3. The van der Waals surface area contributed by atoms with Crippen molar-refractivity contribution in [1.29, 1.82) is 0 Å². The lowest BCUT2D eigenvalue weighted by Gasteiger charge is -2.30. The normalized spacial score (nSPS) is 29.5. The summed E-state index contributed by atoms with van der Waals surface area (Å²) < 4.78 is 0. The minimum atomic E-state index is -0.528. The number of carbonyl (C=O) groups excluding carboxylic acids is 2. The molecule has 24 heavy (non-hydrogen) atoms. The number of hydrogen-bond donors (Lipinski definition) is 1. The van der Waals surface area contributed by atoms with Crippen molar-refractivity contribution in [2.45, 2.75) is 57.1 Å². The molecule has 1 N–H and O–H groups in total. The molecule has 3 fully saturated rings. The number of nitrogens with zero attached hydrogens (tertiary/aromatic N) is 2. The highest BCUT2D eigenvalue weighted by Crippen LogP contribution is 2.54. The lowest BCUT2D eigenvalue weighted by atomic mass is 9.80. The predicted molar refractivity (Wildman–Crippen MR) is 87.8 cm³/mol. The lowest BCUT2D eigenvalue weighted by molar-refractivity contribution is -0.130. The van der Waals surface area contributed by atoms with E-state index in [0.717, 1.165) is 35.6 Å². The van der Waals surface area contributed by atoms with Gasteiger partial charge in [0.05, 0.1) is 18.3 Å². The first-order chi connectivity index (χ1) is 11.7. The van der Waals surface area contributed by atoms with Crippen LogP contribution in [0.15, 0.2) is 12.3 Å². The Kier molecular flexibility index (Phi) is 4.12. The summed E-state index contributed by atoms with van der Waals surface area (Å²) >= 11 is 0. The number of hydrogen-bond acceptors (Lipinski definition) is 4. The van der Waals surface area contributed by atoms with Gasteiger partial charge >= 0.3 is 0 Å². The van der Waals surface area contributed by atoms with E-state index in [4.69, 9.17) is 0 Å². The minimum absolute atomic E-state index is 0.140. The Bertz CT molecular complexity index is 635. The molecule has 1 aromatic rings. The summed E-state index contributed by atoms with van der Waals surface area (Å²) in [5.41, 5.74) is 2.74. The molecule has 1 aromatic heterocycles. The Hall–Kier alpha value is -1.75. The van der Waals surface area contributed by atoms with Gasteiger partial charge in [0.15, 0.2) is 0 Å². The molecule has 5 nitrogen and oxygen atoms in total. The van der Waals surface area contributed by atoms with Gasteiger partial charge in [0.2, 0.25) is 12.8 Å². The summed E-state index contributed by atoms with van der Waals surface area (Å²) in [7, 11) is 0. The molecule has 128 valence electrons. The van der Waals surface area contributed by atoms with E-state index in [1.54, 1.807) is 6.20 Å². The summed E-state index contributed by atoms with van der Waals surface area (Å²) in [6.07, 6.45) is 9.39. The molecular formula is C19H24N2O3. The predicted octanol–water partition coefficient (Wildman–Crippen LogP) is 2.54. The average Bonchev–Trinajstić information content (AvgIpc) is 3.25. The lowest BCUT2D eigenvalue weighted by Crippen LogP contribution is -2.25. The molecule has 5 heteroatoms. The fourth-order valence-corrected chi connectivity index (χ4v) is 4.92. The Labute approximate surface area is 142 Å². The van der Waals surface area contributed by atoms with Gasteiger partial charge in [0.1, 0.15) is 0 Å². The van der Waals surface area contributed by atoms with Gasteiger partial charge in [-0.05, 0) is 67.4 Å². The summed E-state index contributed by atoms with van der Waals surface area (Å²) in [6, 6.07) is 2.01. The number of imide groups is 1. The van der Waals surface area contributed by atoms with E-state index in [1.807, 2.05) is 6.07 Å². The molecule has 4 rings (SSSR count). The smallest absolute Gasteiger partial charge is 0.216 e. The molecule has 3 aliphatic rings. The second-order valence-electron chi connectivity index (χ2n) is 7.70. The topological polar surface area (TPSA) is 70.5 Å². The molecule has 1 heterocycles. The van der Waals surface area contributed by atoms with E-state index in [2.05, 4.69) is 4.98 Å². The molecule has 2 bridgehead atoms. The summed E-state index contributed by atoms with van der Waals surface area (Å²) in [5, 5.41) is 11.2. The van der Waals surface area contributed by atoms with Crippen LogP contribution in [0.2, 0.25) is 0 Å². The molecule has 4 atom stereocenters. The Morgan fingerprint density at radius 3 is 2.58 bits per heavy atom. The second kappa shape index (κ2) is 6.28. The molecule has 4 unspecified atom stereocenters. The molecule has 0 aromatic carbocycles. The van der Waals surface area contributed by atoms with Crippen LogP contribution in [-0.4, -0.2) is 27.8 Å². The van der Waals surface area contributed by atoms with E-state index < -0.39 is 6.10 Å². The molecule has 0 saturated heterocycles. The molecule has 0 radical (unpaired) electrons. The van der Waals surface area contributed by atoms with Gasteiger partial charge in [-0.3, -0.25) is 19.5 Å². The van der Waals surface area contributed by atoms with E-state index in [-0.39, 0.29) is 6.54 Å². The Balaban J connectivity index is 1.68. The van der Waals surface area contributed by atoms with Crippen LogP contribution >= 0.6 is 0 Å². The maximum Gasteiger partial charge on any atom is 0.216 e. The van der Waals surface area contributed by atoms with Crippen molar-refractivity contribution in [3.63, 3.8) is 0 Å². The van der Waals surface area contributed by atoms with Crippen LogP contribution in [0, 0.1) is 17.8 Å². The van der Waals surface area contributed by atoms with Crippen molar-refractivity contribution in [2.75, 3.05) is 0 Å². The standard InChI is InChI=1S/C19H24N2O3/c22-10-21(11-23)9-17-18(15(5-6-20-17)13-3-4-13)19(24)16-8-12-1-2-14(16)7-12/h5-6,10-14,16,19,24H,1-4,7-9H2. The summed E-state index contributed by atoms with van der Waals surface area (Å²) in [6.45, 7) is 0.140. The van der Waals surface area contributed by atoms with E-state index in [1.165, 1.54) is 24.8 Å². The quantitative estimate of drug-likeness (QED) is 0.781. The number of aliphatic hydroxyl groups excluding tert-OH is 1. The number of aromatic nitrogens is 1. The van der Waals surface area contributed by atoms with Crippen LogP contribution in [0.4, 0.5) is 0 Å². The number of rotatable bonds is 7. The molecule has 0 spiro atoms. The van der Waals surface area contributed by atoms with E-state index >= 15 is 0 Å². The summed E-state index contributed by atoms with van der Waals surface area (Å²) in [4.78, 5) is 27.5. The number of pyridine rings is 1. The zero-order valence-corrected chi connectivity index (χ0v) is 13.8. The molecule has 3 aliphatic carbocycles.